The monoisotopic (exact) mass is 1240 g/mol. The van der Waals surface area contributed by atoms with Gasteiger partial charge in [-0.2, -0.15) is 0 Å². The standard InChI is InChI=1S/C90H64N2S2/c1-5-17-67(18-6-1)89(69-39-51-77(52-40-69)93-79-49-37-63-29-31-65(63)57-79)85-27-15-13-25-81(85)83-55-47-75(59-87(83)89)91(71-21-9-3-10-22-71)73-43-33-61(34-44-73)62-35-45-74(46-36-62)92(72-23-11-4-12-24-72)76-48-56-84-82-26-14-16-28-86(82)90(88(84)60-76,68-19-7-2-8-20-68)70-41-53-78(54-42-70)94-80-50-38-64-30-32-66(64)58-80/h1-28,33-60H,29-32H2. The average molecular weight is 1240 g/mol. The third-order valence-electron chi connectivity index (χ3n) is 20.3. The van der Waals surface area contributed by atoms with Crippen LogP contribution in [0.2, 0.25) is 0 Å². The largest absolute Gasteiger partial charge is 0.310 e. The quantitative estimate of drug-likeness (QED) is 0.101. The normalized spacial score (nSPS) is 15.9. The summed E-state index contributed by atoms with van der Waals surface area (Å²) >= 11 is 3.71. The fourth-order valence-electron chi connectivity index (χ4n) is 15.7. The zero-order valence-corrected chi connectivity index (χ0v) is 53.5. The molecule has 14 aromatic rings. The lowest BCUT2D eigenvalue weighted by Gasteiger charge is -2.35. The van der Waals surface area contributed by atoms with Crippen molar-refractivity contribution in [1.29, 1.82) is 0 Å². The van der Waals surface area contributed by atoms with Gasteiger partial charge < -0.3 is 9.80 Å². The van der Waals surface area contributed by atoms with Gasteiger partial charge in [0.1, 0.15) is 0 Å². The summed E-state index contributed by atoms with van der Waals surface area (Å²) in [5.41, 5.74) is 28.9. The summed E-state index contributed by atoms with van der Waals surface area (Å²) < 4.78 is 0. The summed E-state index contributed by atoms with van der Waals surface area (Å²) in [6.45, 7) is 0. The first kappa shape index (κ1) is 56.2. The summed E-state index contributed by atoms with van der Waals surface area (Å²) in [5.74, 6) is 0. The van der Waals surface area contributed by atoms with Gasteiger partial charge in [-0.25, -0.2) is 0 Å². The van der Waals surface area contributed by atoms with Crippen LogP contribution < -0.4 is 9.80 Å². The van der Waals surface area contributed by atoms with Gasteiger partial charge in [0.15, 0.2) is 0 Å². The Morgan fingerprint density at radius 2 is 0.521 bits per heavy atom. The van der Waals surface area contributed by atoms with Gasteiger partial charge in [-0.3, -0.25) is 0 Å². The van der Waals surface area contributed by atoms with Crippen LogP contribution in [0, 0.1) is 0 Å². The molecule has 446 valence electrons. The molecule has 4 heteroatoms. The molecule has 18 rings (SSSR count). The Kier molecular flexibility index (Phi) is 13.9. The summed E-state index contributed by atoms with van der Waals surface area (Å²) in [5, 5.41) is 0. The highest BCUT2D eigenvalue weighted by molar-refractivity contribution is 7.99. The molecule has 0 spiro atoms. The zero-order valence-electron chi connectivity index (χ0n) is 51.9. The minimum atomic E-state index is -0.564. The van der Waals surface area contributed by atoms with Gasteiger partial charge in [0.2, 0.25) is 0 Å². The summed E-state index contributed by atoms with van der Waals surface area (Å²) in [4.78, 5) is 9.93. The van der Waals surface area contributed by atoms with E-state index in [4.69, 9.17) is 0 Å². The van der Waals surface area contributed by atoms with Crippen molar-refractivity contribution in [2.75, 3.05) is 9.80 Å². The van der Waals surface area contributed by atoms with Crippen LogP contribution in [0.1, 0.15) is 66.8 Å². The van der Waals surface area contributed by atoms with Crippen LogP contribution in [0.5, 0.6) is 0 Å². The molecule has 0 saturated heterocycles. The van der Waals surface area contributed by atoms with Crippen molar-refractivity contribution < 1.29 is 0 Å². The second kappa shape index (κ2) is 23.2. The van der Waals surface area contributed by atoms with Gasteiger partial charge >= 0.3 is 0 Å². The molecule has 2 unspecified atom stereocenters. The van der Waals surface area contributed by atoms with Crippen LogP contribution in [0.25, 0.3) is 33.4 Å². The first-order valence-corrected chi connectivity index (χ1v) is 34.5. The van der Waals surface area contributed by atoms with E-state index in [9.17, 15) is 0 Å². The van der Waals surface area contributed by atoms with Gasteiger partial charge in [0, 0.05) is 53.7 Å². The van der Waals surface area contributed by atoms with Crippen LogP contribution in [-0.2, 0) is 36.5 Å². The van der Waals surface area contributed by atoms with Gasteiger partial charge in [-0.15, -0.1) is 0 Å². The molecular weight excluding hydrogens is 1170 g/mol. The van der Waals surface area contributed by atoms with E-state index >= 15 is 0 Å². The maximum atomic E-state index is 2.47. The van der Waals surface area contributed by atoms with E-state index in [2.05, 4.69) is 350 Å². The van der Waals surface area contributed by atoms with Gasteiger partial charge in [0.05, 0.1) is 10.8 Å². The molecular formula is C90H64N2S2. The van der Waals surface area contributed by atoms with E-state index in [-0.39, 0.29) is 0 Å². The highest BCUT2D eigenvalue weighted by Gasteiger charge is 2.48. The van der Waals surface area contributed by atoms with E-state index in [1.54, 1.807) is 0 Å². The van der Waals surface area contributed by atoms with Crippen molar-refractivity contribution in [1.82, 2.24) is 0 Å². The van der Waals surface area contributed by atoms with Crippen molar-refractivity contribution in [2.45, 2.75) is 56.1 Å². The molecule has 0 N–H and O–H groups in total. The van der Waals surface area contributed by atoms with Crippen molar-refractivity contribution >= 4 is 57.6 Å². The molecule has 0 bridgehead atoms. The average Bonchev–Trinajstić information content (AvgIpc) is 1.53. The number of para-hydroxylation sites is 2. The molecule has 14 aromatic carbocycles. The molecule has 94 heavy (non-hydrogen) atoms. The van der Waals surface area contributed by atoms with Crippen LogP contribution in [-0.4, -0.2) is 0 Å². The van der Waals surface area contributed by atoms with Gasteiger partial charge in [-0.05, 0) is 247 Å². The number of aryl methyl sites for hydroxylation is 4. The predicted octanol–water partition coefficient (Wildman–Crippen LogP) is 23.5. The zero-order chi connectivity index (χ0) is 62.2. The van der Waals surface area contributed by atoms with Crippen LogP contribution >= 0.6 is 23.5 Å². The van der Waals surface area contributed by atoms with Crippen LogP contribution in [0.4, 0.5) is 34.1 Å². The smallest absolute Gasteiger partial charge is 0.0714 e. The Labute approximate surface area is 559 Å². The third kappa shape index (κ3) is 9.33. The molecule has 0 fully saturated rings. The van der Waals surface area contributed by atoms with E-state index in [1.165, 1.54) is 134 Å². The van der Waals surface area contributed by atoms with Crippen LogP contribution in [0.15, 0.2) is 359 Å². The van der Waals surface area contributed by atoms with E-state index < -0.39 is 10.8 Å². The van der Waals surface area contributed by atoms with Crippen LogP contribution in [0.3, 0.4) is 0 Å². The van der Waals surface area contributed by atoms with Crippen molar-refractivity contribution in [2.24, 2.45) is 0 Å². The highest BCUT2D eigenvalue weighted by atomic mass is 32.2. The fraction of sp³-hybridized carbons (Fsp3) is 0.0667. The lowest BCUT2D eigenvalue weighted by atomic mass is 9.67. The summed E-state index contributed by atoms with van der Waals surface area (Å²) in [6, 6.07) is 128. The molecule has 0 amide bonds. The SMILES string of the molecule is c1ccc(N(c2ccc(-c3ccc(N(c4ccccc4)c4ccc5c(c4)C(c4ccccc4)(c4ccc(Sc6ccc7c(c6)CC7)cc4)c4ccccc4-5)cc3)cc2)c2ccc3c(c2)C(c2ccccc2)(c2ccc(Sc4ccc5c(c4)CC5)cc2)c2ccccc2-3)cc1. The third-order valence-corrected chi connectivity index (χ3v) is 22.3. The Balaban J connectivity index is 0.694. The first-order valence-electron chi connectivity index (χ1n) is 32.9. The molecule has 2 atom stereocenters. The van der Waals surface area contributed by atoms with E-state index in [0.717, 1.165) is 45.3 Å². The molecule has 0 saturated carbocycles. The van der Waals surface area contributed by atoms with Crippen molar-refractivity contribution in [3.63, 3.8) is 0 Å². The number of rotatable bonds is 15. The number of hydrogen-bond donors (Lipinski definition) is 0. The molecule has 2 nitrogen and oxygen atoms in total. The highest BCUT2D eigenvalue weighted by Crippen LogP contribution is 2.60. The molecule has 0 radical (unpaired) electrons. The lowest BCUT2D eigenvalue weighted by Crippen LogP contribution is -2.28. The van der Waals surface area contributed by atoms with Gasteiger partial charge in [0.25, 0.3) is 0 Å². The first-order chi connectivity index (χ1) is 46.5. The summed E-state index contributed by atoms with van der Waals surface area (Å²) in [7, 11) is 0. The van der Waals surface area contributed by atoms with Crippen molar-refractivity contribution in [3.05, 3.63) is 406 Å². The number of hydrogen-bond acceptors (Lipinski definition) is 4. The maximum Gasteiger partial charge on any atom is 0.0714 e. The summed E-state index contributed by atoms with van der Waals surface area (Å²) in [6.07, 6.45) is 4.75. The van der Waals surface area contributed by atoms with Gasteiger partial charge in [-0.1, -0.05) is 242 Å². The molecule has 4 aliphatic carbocycles. The Hall–Kier alpha value is -10.6. The Morgan fingerprint density at radius 3 is 0.894 bits per heavy atom. The fourth-order valence-corrected chi connectivity index (χ4v) is 17.5. The molecule has 0 aromatic heterocycles. The number of nitrogens with zero attached hydrogens (tertiary/aromatic N) is 2. The second-order valence-electron chi connectivity index (χ2n) is 25.3. The predicted molar refractivity (Wildman–Crippen MR) is 392 cm³/mol. The Morgan fingerprint density at radius 1 is 0.213 bits per heavy atom. The second-order valence-corrected chi connectivity index (χ2v) is 27.6. The minimum absolute atomic E-state index is 0.564. The lowest BCUT2D eigenvalue weighted by molar-refractivity contribution is 0.767. The molecule has 0 heterocycles. The maximum absolute atomic E-state index is 2.47. The number of fused-ring (bicyclic) bond motifs is 8. The van der Waals surface area contributed by atoms with E-state index in [0.29, 0.717) is 0 Å². The Bertz CT molecular complexity index is 4840. The molecule has 4 aliphatic rings. The number of anilines is 6. The minimum Gasteiger partial charge on any atom is -0.310 e. The number of benzene rings is 14. The topological polar surface area (TPSA) is 6.48 Å². The van der Waals surface area contributed by atoms with E-state index in [1.807, 2.05) is 23.5 Å². The molecule has 0 aliphatic heterocycles. The van der Waals surface area contributed by atoms with Crippen molar-refractivity contribution in [3.8, 4) is 33.4 Å².